The predicted octanol–water partition coefficient (Wildman–Crippen LogP) is 4.64. The summed E-state index contributed by atoms with van der Waals surface area (Å²) in [4.78, 5) is 12.2. The first-order chi connectivity index (χ1) is 12.2. The van der Waals surface area contributed by atoms with Gasteiger partial charge in [0.15, 0.2) is 10.9 Å². The highest BCUT2D eigenvalue weighted by atomic mass is 32.2. The van der Waals surface area contributed by atoms with Gasteiger partial charge in [0.05, 0.1) is 5.69 Å². The lowest BCUT2D eigenvalue weighted by Gasteiger charge is -2.11. The number of carbonyl (C=O) groups excluding carboxylic acids is 1. The molecule has 0 aliphatic heterocycles. The van der Waals surface area contributed by atoms with Crippen molar-refractivity contribution in [3.05, 3.63) is 71.5 Å². The van der Waals surface area contributed by atoms with Gasteiger partial charge in [-0.25, -0.2) is 0 Å². The molecule has 1 heterocycles. The first kappa shape index (κ1) is 17.4. The molecule has 0 saturated heterocycles. The van der Waals surface area contributed by atoms with Crippen molar-refractivity contribution < 1.29 is 4.79 Å². The lowest BCUT2D eigenvalue weighted by molar-refractivity contribution is 0.0982. The third-order valence-electron chi connectivity index (χ3n) is 4.03. The number of benzene rings is 2. The largest absolute Gasteiger partial charge is 0.294 e. The molecule has 0 bridgehead atoms. The predicted molar refractivity (Wildman–Crippen MR) is 102 cm³/mol. The van der Waals surface area contributed by atoms with Gasteiger partial charge in [-0.3, -0.25) is 9.36 Å². The molecule has 0 atom stereocenters. The summed E-state index contributed by atoms with van der Waals surface area (Å²) in [6.45, 7) is 4.05. The van der Waals surface area contributed by atoms with Gasteiger partial charge in [0, 0.05) is 17.7 Å². The molecule has 128 valence electrons. The van der Waals surface area contributed by atoms with Crippen molar-refractivity contribution in [1.82, 2.24) is 14.8 Å². The van der Waals surface area contributed by atoms with Crippen LogP contribution in [0.25, 0.3) is 5.69 Å². The molecule has 0 aliphatic carbocycles. The molecule has 4 nitrogen and oxygen atoms in total. The molecule has 0 aliphatic rings. The van der Waals surface area contributed by atoms with Crippen LogP contribution in [0.15, 0.2) is 59.8 Å². The van der Waals surface area contributed by atoms with E-state index < -0.39 is 0 Å². The number of aryl methyl sites for hydroxylation is 2. The smallest absolute Gasteiger partial charge is 0.195 e. The fourth-order valence-corrected chi connectivity index (χ4v) is 3.62. The third kappa shape index (κ3) is 4.17. The number of Topliss-reactive ketones (excluding diaryl/α,β-unsaturated/α-hetero) is 1. The second-order valence-corrected chi connectivity index (χ2v) is 6.95. The van der Waals surface area contributed by atoms with E-state index in [-0.39, 0.29) is 5.78 Å². The Morgan fingerprint density at radius 1 is 1.00 bits per heavy atom. The lowest BCUT2D eigenvalue weighted by atomic mass is 10.1. The van der Waals surface area contributed by atoms with Gasteiger partial charge < -0.3 is 0 Å². The van der Waals surface area contributed by atoms with E-state index in [0.717, 1.165) is 34.4 Å². The Labute approximate surface area is 152 Å². The highest BCUT2D eigenvalue weighted by Gasteiger charge is 2.13. The van der Waals surface area contributed by atoms with Gasteiger partial charge in [-0.15, -0.1) is 10.2 Å². The van der Waals surface area contributed by atoms with Crippen molar-refractivity contribution in [3.8, 4) is 5.69 Å². The molecule has 0 radical (unpaired) electrons. The maximum absolute atomic E-state index is 12.2. The van der Waals surface area contributed by atoms with Crippen LogP contribution < -0.4 is 0 Å². The van der Waals surface area contributed by atoms with Gasteiger partial charge in [0.1, 0.15) is 5.82 Å². The molecule has 0 spiro atoms. The molecule has 25 heavy (non-hydrogen) atoms. The number of aromatic nitrogens is 3. The third-order valence-corrected chi connectivity index (χ3v) is 5.04. The van der Waals surface area contributed by atoms with Gasteiger partial charge in [0.25, 0.3) is 0 Å². The summed E-state index contributed by atoms with van der Waals surface area (Å²) in [5.74, 6) is 1.90. The van der Waals surface area contributed by atoms with Gasteiger partial charge in [-0.2, -0.15) is 0 Å². The average Bonchev–Trinajstić information content (AvgIpc) is 3.00. The van der Waals surface area contributed by atoms with Crippen molar-refractivity contribution in [1.29, 1.82) is 0 Å². The second-order valence-electron chi connectivity index (χ2n) is 5.89. The topological polar surface area (TPSA) is 47.8 Å². The van der Waals surface area contributed by atoms with Crippen LogP contribution in [0, 0.1) is 13.8 Å². The monoisotopic (exact) mass is 351 g/mol. The summed E-state index contributed by atoms with van der Waals surface area (Å²) in [6, 6.07) is 17.7. The highest BCUT2D eigenvalue weighted by Crippen LogP contribution is 2.24. The number of carbonyl (C=O) groups is 1. The normalized spacial score (nSPS) is 10.8. The van der Waals surface area contributed by atoms with E-state index >= 15 is 0 Å². The summed E-state index contributed by atoms with van der Waals surface area (Å²) in [5.41, 5.74) is 3.07. The maximum atomic E-state index is 12.2. The summed E-state index contributed by atoms with van der Waals surface area (Å²) < 4.78 is 2.08. The number of hydrogen-bond donors (Lipinski definition) is 0. The van der Waals surface area contributed by atoms with E-state index in [1.807, 2.05) is 49.4 Å². The molecule has 5 heteroatoms. The Balaban J connectivity index is 1.61. The van der Waals surface area contributed by atoms with Crippen LogP contribution in [0.5, 0.6) is 0 Å². The average molecular weight is 351 g/mol. The fourth-order valence-electron chi connectivity index (χ4n) is 2.69. The number of nitrogens with zero attached hydrogens (tertiary/aromatic N) is 3. The van der Waals surface area contributed by atoms with E-state index in [1.165, 1.54) is 5.56 Å². The number of ketones is 1. The molecular formula is C20H21N3OS. The standard InChI is InChI=1S/C20H21N3OS/c1-15-9-6-7-12-18(15)23-16(2)21-22-20(23)25-14-8-13-19(24)17-10-4-3-5-11-17/h3-7,9-12H,8,13-14H2,1-2H3. The first-order valence-corrected chi connectivity index (χ1v) is 9.34. The minimum atomic E-state index is 0.192. The zero-order valence-corrected chi connectivity index (χ0v) is 15.3. The number of para-hydroxylation sites is 1. The van der Waals surface area contributed by atoms with Crippen molar-refractivity contribution >= 4 is 17.5 Å². The minimum absolute atomic E-state index is 0.192. The molecule has 2 aromatic carbocycles. The van der Waals surface area contributed by atoms with E-state index in [9.17, 15) is 4.79 Å². The molecule has 0 N–H and O–H groups in total. The van der Waals surface area contributed by atoms with Crippen molar-refractivity contribution in [2.45, 2.75) is 31.8 Å². The van der Waals surface area contributed by atoms with Gasteiger partial charge in [-0.1, -0.05) is 60.3 Å². The lowest BCUT2D eigenvalue weighted by Crippen LogP contribution is -2.02. The molecule has 0 fully saturated rings. The van der Waals surface area contributed by atoms with E-state index in [4.69, 9.17) is 0 Å². The van der Waals surface area contributed by atoms with Gasteiger partial charge >= 0.3 is 0 Å². The molecule has 0 amide bonds. The second kappa shape index (κ2) is 8.12. The van der Waals surface area contributed by atoms with E-state index in [2.05, 4.69) is 33.8 Å². The summed E-state index contributed by atoms with van der Waals surface area (Å²) in [7, 11) is 0. The summed E-state index contributed by atoms with van der Waals surface area (Å²) >= 11 is 1.65. The van der Waals surface area contributed by atoms with E-state index in [0.29, 0.717) is 6.42 Å². The SMILES string of the molecule is Cc1ccccc1-n1c(C)nnc1SCCCC(=O)c1ccccc1. The van der Waals surface area contributed by atoms with Gasteiger partial charge in [-0.05, 0) is 31.9 Å². The van der Waals surface area contributed by atoms with Crippen LogP contribution in [-0.2, 0) is 0 Å². The molecule has 0 saturated carbocycles. The number of rotatable bonds is 7. The van der Waals surface area contributed by atoms with Crippen LogP contribution in [0.3, 0.4) is 0 Å². The van der Waals surface area contributed by atoms with Crippen LogP contribution in [0.2, 0.25) is 0 Å². The van der Waals surface area contributed by atoms with Gasteiger partial charge in [0.2, 0.25) is 0 Å². The first-order valence-electron chi connectivity index (χ1n) is 8.36. The van der Waals surface area contributed by atoms with Crippen LogP contribution in [0.1, 0.15) is 34.6 Å². The van der Waals surface area contributed by atoms with Crippen molar-refractivity contribution in [3.63, 3.8) is 0 Å². The quantitative estimate of drug-likeness (QED) is 0.353. The van der Waals surface area contributed by atoms with Crippen LogP contribution in [-0.4, -0.2) is 26.3 Å². The minimum Gasteiger partial charge on any atom is -0.294 e. The Bertz CT molecular complexity index is 858. The molecule has 0 unspecified atom stereocenters. The summed E-state index contributed by atoms with van der Waals surface area (Å²) in [6.07, 6.45) is 1.37. The maximum Gasteiger partial charge on any atom is 0.195 e. The van der Waals surface area contributed by atoms with Crippen LogP contribution >= 0.6 is 11.8 Å². The van der Waals surface area contributed by atoms with E-state index in [1.54, 1.807) is 11.8 Å². The molecule has 3 rings (SSSR count). The molecule has 1 aromatic heterocycles. The number of hydrogen-bond acceptors (Lipinski definition) is 4. The Hall–Kier alpha value is -2.40. The van der Waals surface area contributed by atoms with Crippen LogP contribution in [0.4, 0.5) is 0 Å². The molecular weight excluding hydrogens is 330 g/mol. The fraction of sp³-hybridized carbons (Fsp3) is 0.250. The highest BCUT2D eigenvalue weighted by molar-refractivity contribution is 7.99. The zero-order valence-electron chi connectivity index (χ0n) is 14.5. The van der Waals surface area contributed by atoms with Crippen molar-refractivity contribution in [2.24, 2.45) is 0 Å². The number of thioether (sulfide) groups is 1. The molecule has 3 aromatic rings. The Morgan fingerprint density at radius 3 is 2.48 bits per heavy atom. The Morgan fingerprint density at radius 2 is 1.72 bits per heavy atom. The zero-order chi connectivity index (χ0) is 17.6. The van der Waals surface area contributed by atoms with Crippen molar-refractivity contribution in [2.75, 3.05) is 5.75 Å². The Kier molecular flexibility index (Phi) is 5.66. The summed E-state index contributed by atoms with van der Waals surface area (Å²) in [5, 5.41) is 9.39.